The lowest BCUT2D eigenvalue weighted by Crippen LogP contribution is -2.49. The molecule has 1 heterocycles. The smallest absolute Gasteiger partial charge is 0.243 e. The van der Waals surface area contributed by atoms with Gasteiger partial charge in [-0.2, -0.15) is 0 Å². The Kier molecular flexibility index (Phi) is 9.96. The molecule has 1 aromatic rings. The molecular weight excluding hydrogens is 320 g/mol. The highest BCUT2D eigenvalue weighted by Crippen LogP contribution is 2.05. The minimum atomic E-state index is -0.802. The quantitative estimate of drug-likeness (QED) is 0.242. The van der Waals surface area contributed by atoms with Gasteiger partial charge in [0.1, 0.15) is 6.04 Å². The number of imidazole rings is 1. The van der Waals surface area contributed by atoms with Crippen molar-refractivity contribution in [2.75, 3.05) is 6.54 Å². The van der Waals surface area contributed by atoms with E-state index in [1.54, 1.807) is 18.7 Å². The first-order valence-electron chi connectivity index (χ1n) is 8.88. The molecule has 8 heteroatoms. The van der Waals surface area contributed by atoms with Crippen LogP contribution in [0.5, 0.6) is 0 Å². The Morgan fingerprint density at radius 2 is 2.04 bits per heavy atom. The number of nitrogens with one attached hydrogen (secondary N) is 3. The van der Waals surface area contributed by atoms with E-state index in [-0.39, 0.29) is 24.1 Å². The SMILES string of the molecule is CCCCCCCC(=O)N[C@H](CC(=N)N)C(=O)NCCn1ccnc1. The summed E-state index contributed by atoms with van der Waals surface area (Å²) in [6.07, 6.45) is 10.8. The molecule has 1 aromatic heterocycles. The second-order valence-electron chi connectivity index (χ2n) is 6.11. The summed E-state index contributed by atoms with van der Waals surface area (Å²) >= 11 is 0. The van der Waals surface area contributed by atoms with Crippen molar-refractivity contribution in [2.45, 2.75) is 64.5 Å². The Morgan fingerprint density at radius 1 is 1.28 bits per heavy atom. The van der Waals surface area contributed by atoms with E-state index in [2.05, 4.69) is 22.5 Å². The van der Waals surface area contributed by atoms with E-state index >= 15 is 0 Å². The summed E-state index contributed by atoms with van der Waals surface area (Å²) in [5.74, 6) is -0.625. The molecule has 0 bridgehead atoms. The monoisotopic (exact) mass is 350 g/mol. The fourth-order valence-corrected chi connectivity index (χ4v) is 2.44. The number of nitrogens with zero attached hydrogens (tertiary/aromatic N) is 2. The Balaban J connectivity index is 2.36. The predicted octanol–water partition coefficient (Wildman–Crippen LogP) is 1.17. The summed E-state index contributed by atoms with van der Waals surface area (Å²) in [7, 11) is 0. The average molecular weight is 350 g/mol. The zero-order valence-electron chi connectivity index (χ0n) is 15.0. The lowest BCUT2D eigenvalue weighted by Gasteiger charge is -2.18. The maximum Gasteiger partial charge on any atom is 0.243 e. The third-order valence-corrected chi connectivity index (χ3v) is 3.81. The van der Waals surface area contributed by atoms with Crippen LogP contribution >= 0.6 is 0 Å². The standard InChI is InChI=1S/C17H30N6O2/c1-2-3-4-5-6-7-16(24)22-14(12-15(18)19)17(25)21-9-11-23-10-8-20-13-23/h8,10,13-14H,2-7,9,11-12H2,1H3,(H3,18,19)(H,21,25)(H,22,24)/t14-/m1/s1. The molecular formula is C17H30N6O2. The van der Waals surface area contributed by atoms with E-state index in [9.17, 15) is 9.59 Å². The lowest BCUT2D eigenvalue weighted by molar-refractivity contribution is -0.128. The molecule has 0 saturated carbocycles. The number of unbranched alkanes of at least 4 members (excludes halogenated alkanes) is 4. The Hall–Kier alpha value is -2.38. The van der Waals surface area contributed by atoms with Gasteiger partial charge in [-0.25, -0.2) is 4.98 Å². The minimum absolute atomic E-state index is 0.0124. The molecule has 0 aromatic carbocycles. The van der Waals surface area contributed by atoms with Crippen LogP contribution in [0.4, 0.5) is 0 Å². The highest BCUT2D eigenvalue weighted by atomic mass is 16.2. The number of amides is 2. The second-order valence-corrected chi connectivity index (χ2v) is 6.11. The highest BCUT2D eigenvalue weighted by molar-refractivity contribution is 5.92. The molecule has 0 radical (unpaired) electrons. The van der Waals surface area contributed by atoms with Gasteiger partial charge in [-0.1, -0.05) is 32.6 Å². The van der Waals surface area contributed by atoms with Crippen molar-refractivity contribution in [3.63, 3.8) is 0 Å². The second kappa shape index (κ2) is 12.0. The van der Waals surface area contributed by atoms with Gasteiger partial charge in [0.2, 0.25) is 11.8 Å². The third kappa shape index (κ3) is 9.49. The van der Waals surface area contributed by atoms with Crippen LogP contribution in [-0.2, 0) is 16.1 Å². The summed E-state index contributed by atoms with van der Waals surface area (Å²) < 4.78 is 1.84. The van der Waals surface area contributed by atoms with Gasteiger partial charge in [-0.3, -0.25) is 15.0 Å². The molecule has 2 amide bonds. The molecule has 8 nitrogen and oxygen atoms in total. The van der Waals surface area contributed by atoms with E-state index in [1.807, 2.05) is 4.57 Å². The molecule has 0 unspecified atom stereocenters. The van der Waals surface area contributed by atoms with Gasteiger partial charge in [0, 0.05) is 38.3 Å². The van der Waals surface area contributed by atoms with E-state index in [1.165, 1.54) is 6.42 Å². The number of carbonyl (C=O) groups is 2. The molecule has 140 valence electrons. The number of hydrogen-bond acceptors (Lipinski definition) is 4. The number of carbonyl (C=O) groups excluding carboxylic acids is 2. The Bertz CT molecular complexity index is 529. The molecule has 0 saturated heterocycles. The molecule has 0 spiro atoms. The van der Waals surface area contributed by atoms with E-state index in [0.29, 0.717) is 19.5 Å². The van der Waals surface area contributed by atoms with Crippen LogP contribution in [-0.4, -0.2) is 39.8 Å². The number of aromatic nitrogens is 2. The fourth-order valence-electron chi connectivity index (χ4n) is 2.44. The highest BCUT2D eigenvalue weighted by Gasteiger charge is 2.21. The summed E-state index contributed by atoms with van der Waals surface area (Å²) in [6.45, 7) is 3.14. The van der Waals surface area contributed by atoms with Crippen LogP contribution in [0.2, 0.25) is 0 Å². The van der Waals surface area contributed by atoms with Crippen LogP contribution in [0.1, 0.15) is 51.9 Å². The molecule has 1 atom stereocenters. The van der Waals surface area contributed by atoms with Crippen molar-refractivity contribution in [1.82, 2.24) is 20.2 Å². The van der Waals surface area contributed by atoms with Gasteiger partial charge in [-0.15, -0.1) is 0 Å². The molecule has 0 aliphatic heterocycles. The molecule has 5 N–H and O–H groups in total. The van der Waals surface area contributed by atoms with Crippen molar-refractivity contribution in [3.8, 4) is 0 Å². The van der Waals surface area contributed by atoms with Gasteiger partial charge in [0.25, 0.3) is 0 Å². The van der Waals surface area contributed by atoms with Gasteiger partial charge in [0.05, 0.1) is 12.2 Å². The first-order valence-corrected chi connectivity index (χ1v) is 8.88. The molecule has 25 heavy (non-hydrogen) atoms. The van der Waals surface area contributed by atoms with Crippen molar-refractivity contribution in [1.29, 1.82) is 5.41 Å². The largest absolute Gasteiger partial charge is 0.388 e. The summed E-state index contributed by atoms with van der Waals surface area (Å²) in [4.78, 5) is 28.2. The summed E-state index contributed by atoms with van der Waals surface area (Å²) in [5.41, 5.74) is 5.41. The van der Waals surface area contributed by atoms with Crippen molar-refractivity contribution in [2.24, 2.45) is 5.73 Å². The topological polar surface area (TPSA) is 126 Å². The fraction of sp³-hybridized carbons (Fsp3) is 0.647. The van der Waals surface area contributed by atoms with Crippen LogP contribution in [0.3, 0.4) is 0 Å². The van der Waals surface area contributed by atoms with Crippen LogP contribution in [0, 0.1) is 5.41 Å². The van der Waals surface area contributed by atoms with Gasteiger partial charge in [0.15, 0.2) is 0 Å². The first-order chi connectivity index (χ1) is 12.0. The zero-order chi connectivity index (χ0) is 18.5. The molecule has 0 aliphatic rings. The summed E-state index contributed by atoms with van der Waals surface area (Å²) in [6, 6.07) is -0.802. The normalized spacial score (nSPS) is 11.7. The number of nitrogens with two attached hydrogens (primary N) is 1. The van der Waals surface area contributed by atoms with Gasteiger partial charge in [-0.05, 0) is 6.42 Å². The van der Waals surface area contributed by atoms with Gasteiger partial charge >= 0.3 is 0 Å². The molecule has 0 aliphatic carbocycles. The Labute approximate surface area is 149 Å². The molecule has 0 fully saturated rings. The van der Waals surface area contributed by atoms with E-state index in [0.717, 1.165) is 25.7 Å². The average Bonchev–Trinajstić information content (AvgIpc) is 3.07. The van der Waals surface area contributed by atoms with Crippen LogP contribution in [0.15, 0.2) is 18.7 Å². The number of amidine groups is 1. The van der Waals surface area contributed by atoms with E-state index in [4.69, 9.17) is 11.1 Å². The third-order valence-electron chi connectivity index (χ3n) is 3.81. The minimum Gasteiger partial charge on any atom is -0.388 e. The maximum absolute atomic E-state index is 12.3. The molecule has 1 rings (SSSR count). The van der Waals surface area contributed by atoms with Crippen LogP contribution in [0.25, 0.3) is 0 Å². The number of hydrogen-bond donors (Lipinski definition) is 4. The first kappa shape index (κ1) is 20.7. The van der Waals surface area contributed by atoms with Crippen molar-refractivity contribution >= 4 is 17.6 Å². The predicted molar refractivity (Wildman–Crippen MR) is 97.1 cm³/mol. The van der Waals surface area contributed by atoms with E-state index < -0.39 is 6.04 Å². The van der Waals surface area contributed by atoms with Gasteiger partial charge < -0.3 is 20.9 Å². The maximum atomic E-state index is 12.3. The van der Waals surface area contributed by atoms with Crippen molar-refractivity contribution < 1.29 is 9.59 Å². The summed E-state index contributed by atoms with van der Waals surface area (Å²) in [5, 5.41) is 12.9. The number of rotatable bonds is 13. The van der Waals surface area contributed by atoms with Crippen molar-refractivity contribution in [3.05, 3.63) is 18.7 Å². The Morgan fingerprint density at radius 3 is 2.68 bits per heavy atom. The zero-order valence-corrected chi connectivity index (χ0v) is 15.0. The van der Waals surface area contributed by atoms with Crippen LogP contribution < -0.4 is 16.4 Å². The lowest BCUT2D eigenvalue weighted by atomic mass is 10.1.